The fraction of sp³-hybridized carbons (Fsp3) is 0.462. The summed E-state index contributed by atoms with van der Waals surface area (Å²) >= 11 is 1.53. The molecule has 7 heteroatoms. The molecule has 0 aliphatic carbocycles. The topological polar surface area (TPSA) is 106 Å². The normalized spacial score (nSPS) is 13.7. The molecule has 0 saturated heterocycles. The largest absolute Gasteiger partial charge is 0.480 e. The average molecular weight is 298 g/mol. The number of aliphatic carboxylic acids is 1. The van der Waals surface area contributed by atoms with Crippen LogP contribution in [0, 0.1) is 10.1 Å². The molecule has 1 atom stereocenters. The number of hydrogen-bond acceptors (Lipinski definition) is 5. The summed E-state index contributed by atoms with van der Waals surface area (Å²) in [5.74, 6) is -0.246. The molecule has 1 aromatic carbocycles. The molecule has 1 rings (SSSR count). The van der Waals surface area contributed by atoms with Crippen molar-refractivity contribution in [2.45, 2.75) is 36.6 Å². The highest BCUT2D eigenvalue weighted by atomic mass is 32.2. The Balaban J connectivity index is 2.41. The van der Waals surface area contributed by atoms with Gasteiger partial charge in [0.1, 0.15) is 5.54 Å². The number of rotatable bonds is 8. The van der Waals surface area contributed by atoms with Crippen molar-refractivity contribution in [2.24, 2.45) is 5.73 Å². The summed E-state index contributed by atoms with van der Waals surface area (Å²) in [6.45, 7) is 1.76. The molecule has 0 radical (unpaired) electrons. The first-order chi connectivity index (χ1) is 9.39. The maximum absolute atomic E-state index is 11.0. The zero-order valence-electron chi connectivity index (χ0n) is 11.2. The van der Waals surface area contributed by atoms with E-state index in [1.807, 2.05) is 0 Å². The van der Waals surface area contributed by atoms with Gasteiger partial charge in [-0.25, -0.2) is 0 Å². The number of nitro benzene ring substituents is 1. The molecule has 20 heavy (non-hydrogen) atoms. The van der Waals surface area contributed by atoms with Crippen molar-refractivity contribution >= 4 is 23.4 Å². The molecule has 0 bridgehead atoms. The standard InChI is InChI=1S/C13H18N2O4S/c1-2-13(14,12(16)17)8-3-9-20-11-6-4-10(5-7-11)15(18)19/h4-7H,2-3,8-9,14H2,1H3,(H,16,17). The number of carboxylic acids is 1. The van der Waals surface area contributed by atoms with E-state index < -0.39 is 16.4 Å². The molecular weight excluding hydrogens is 280 g/mol. The fourth-order valence-corrected chi connectivity index (χ4v) is 2.53. The van der Waals surface area contributed by atoms with Crippen molar-refractivity contribution in [3.63, 3.8) is 0 Å². The molecule has 0 saturated carbocycles. The Bertz CT molecular complexity index is 478. The van der Waals surface area contributed by atoms with E-state index in [0.29, 0.717) is 19.3 Å². The third-order valence-electron chi connectivity index (χ3n) is 3.14. The Kier molecular flexibility index (Phi) is 5.97. The lowest BCUT2D eigenvalue weighted by Gasteiger charge is -2.22. The van der Waals surface area contributed by atoms with Crippen molar-refractivity contribution in [3.8, 4) is 0 Å². The van der Waals surface area contributed by atoms with Crippen molar-refractivity contribution in [1.82, 2.24) is 0 Å². The number of hydrogen-bond donors (Lipinski definition) is 2. The minimum Gasteiger partial charge on any atom is -0.480 e. The van der Waals surface area contributed by atoms with Crippen LogP contribution in [-0.4, -0.2) is 27.3 Å². The van der Waals surface area contributed by atoms with Crippen molar-refractivity contribution in [2.75, 3.05) is 5.75 Å². The second-order valence-corrected chi connectivity index (χ2v) is 5.69. The molecule has 0 aliphatic heterocycles. The number of nitrogens with two attached hydrogens (primary N) is 1. The second kappa shape index (κ2) is 7.25. The van der Waals surface area contributed by atoms with Crippen LogP contribution < -0.4 is 5.73 Å². The van der Waals surface area contributed by atoms with E-state index in [-0.39, 0.29) is 5.69 Å². The highest BCUT2D eigenvalue weighted by Crippen LogP contribution is 2.24. The van der Waals surface area contributed by atoms with Crippen LogP contribution in [0.1, 0.15) is 26.2 Å². The van der Waals surface area contributed by atoms with E-state index in [1.54, 1.807) is 19.1 Å². The Morgan fingerprint density at radius 3 is 2.50 bits per heavy atom. The summed E-state index contributed by atoms with van der Waals surface area (Å²) in [7, 11) is 0. The van der Waals surface area contributed by atoms with Gasteiger partial charge in [-0.05, 0) is 37.1 Å². The Morgan fingerprint density at radius 2 is 2.05 bits per heavy atom. The third-order valence-corrected chi connectivity index (χ3v) is 4.24. The van der Waals surface area contributed by atoms with Crippen molar-refractivity contribution in [1.29, 1.82) is 0 Å². The number of carbonyl (C=O) groups is 1. The third kappa shape index (κ3) is 4.50. The van der Waals surface area contributed by atoms with E-state index in [4.69, 9.17) is 10.8 Å². The quantitative estimate of drug-likeness (QED) is 0.331. The molecule has 1 aromatic rings. The summed E-state index contributed by atoms with van der Waals surface area (Å²) in [4.78, 5) is 22.0. The van der Waals surface area contributed by atoms with Gasteiger partial charge in [0.25, 0.3) is 5.69 Å². The number of nitro groups is 1. The maximum atomic E-state index is 11.0. The maximum Gasteiger partial charge on any atom is 0.323 e. The number of non-ortho nitro benzene ring substituents is 1. The van der Waals surface area contributed by atoms with Crippen LogP contribution in [-0.2, 0) is 4.79 Å². The van der Waals surface area contributed by atoms with E-state index >= 15 is 0 Å². The lowest BCUT2D eigenvalue weighted by molar-refractivity contribution is -0.384. The average Bonchev–Trinajstić information content (AvgIpc) is 2.43. The SMILES string of the molecule is CCC(N)(CCCSc1ccc([N+](=O)[O-])cc1)C(=O)O. The molecule has 6 nitrogen and oxygen atoms in total. The Morgan fingerprint density at radius 1 is 1.45 bits per heavy atom. The molecular formula is C13H18N2O4S. The highest BCUT2D eigenvalue weighted by molar-refractivity contribution is 7.99. The Labute approximate surface area is 121 Å². The first-order valence-electron chi connectivity index (χ1n) is 6.28. The number of carboxylic acid groups (broad SMARTS) is 1. The highest BCUT2D eigenvalue weighted by Gasteiger charge is 2.30. The molecule has 0 fully saturated rings. The van der Waals surface area contributed by atoms with Crippen LogP contribution in [0.4, 0.5) is 5.69 Å². The van der Waals surface area contributed by atoms with Crippen molar-refractivity contribution in [3.05, 3.63) is 34.4 Å². The predicted molar refractivity (Wildman–Crippen MR) is 77.9 cm³/mol. The number of benzene rings is 1. The van der Waals surface area contributed by atoms with Gasteiger partial charge in [-0.2, -0.15) is 0 Å². The van der Waals surface area contributed by atoms with Crippen LogP contribution in [0.5, 0.6) is 0 Å². The number of nitrogens with zero attached hydrogens (tertiary/aromatic N) is 1. The van der Waals surface area contributed by atoms with Gasteiger partial charge in [-0.1, -0.05) is 6.92 Å². The van der Waals surface area contributed by atoms with Gasteiger partial charge >= 0.3 is 5.97 Å². The van der Waals surface area contributed by atoms with E-state index in [1.165, 1.54) is 23.9 Å². The van der Waals surface area contributed by atoms with Crippen LogP contribution in [0.2, 0.25) is 0 Å². The van der Waals surface area contributed by atoms with Gasteiger partial charge in [-0.3, -0.25) is 14.9 Å². The minimum atomic E-state index is -1.16. The zero-order chi connectivity index (χ0) is 15.2. The van der Waals surface area contributed by atoms with Gasteiger partial charge in [0.05, 0.1) is 4.92 Å². The van der Waals surface area contributed by atoms with Crippen molar-refractivity contribution < 1.29 is 14.8 Å². The molecule has 1 unspecified atom stereocenters. The monoisotopic (exact) mass is 298 g/mol. The van der Waals surface area contributed by atoms with Gasteiger partial charge < -0.3 is 10.8 Å². The second-order valence-electron chi connectivity index (χ2n) is 4.52. The molecule has 0 spiro atoms. The van der Waals surface area contributed by atoms with E-state index in [2.05, 4.69) is 0 Å². The summed E-state index contributed by atoms with van der Waals surface area (Å²) < 4.78 is 0. The number of thioether (sulfide) groups is 1. The summed E-state index contributed by atoms with van der Waals surface area (Å²) in [6.07, 6.45) is 1.49. The Hall–Kier alpha value is -1.60. The summed E-state index contributed by atoms with van der Waals surface area (Å²) in [5, 5.41) is 19.5. The lowest BCUT2D eigenvalue weighted by Crippen LogP contribution is -2.47. The van der Waals surface area contributed by atoms with Gasteiger partial charge in [0.15, 0.2) is 0 Å². The molecule has 0 aliphatic rings. The van der Waals surface area contributed by atoms with Crippen LogP contribution >= 0.6 is 11.8 Å². The molecule has 0 heterocycles. The minimum absolute atomic E-state index is 0.0622. The first-order valence-corrected chi connectivity index (χ1v) is 7.27. The van der Waals surface area contributed by atoms with E-state index in [0.717, 1.165) is 10.6 Å². The summed E-state index contributed by atoms with van der Waals surface area (Å²) in [5.41, 5.74) is 4.69. The smallest absolute Gasteiger partial charge is 0.323 e. The van der Waals surface area contributed by atoms with Gasteiger partial charge in [0, 0.05) is 17.0 Å². The predicted octanol–water partition coefficient (Wildman–Crippen LogP) is 2.66. The van der Waals surface area contributed by atoms with E-state index in [9.17, 15) is 14.9 Å². The molecule has 110 valence electrons. The molecule has 0 aromatic heterocycles. The van der Waals surface area contributed by atoms with Crippen LogP contribution in [0.25, 0.3) is 0 Å². The van der Waals surface area contributed by atoms with Crippen LogP contribution in [0.15, 0.2) is 29.2 Å². The fourth-order valence-electron chi connectivity index (χ4n) is 1.68. The first kappa shape index (κ1) is 16.5. The zero-order valence-corrected chi connectivity index (χ0v) is 12.1. The van der Waals surface area contributed by atoms with Gasteiger partial charge in [-0.15, -0.1) is 11.8 Å². The van der Waals surface area contributed by atoms with Gasteiger partial charge in [0.2, 0.25) is 0 Å². The lowest BCUT2D eigenvalue weighted by atomic mass is 9.92. The molecule has 0 amide bonds. The molecule has 3 N–H and O–H groups in total. The summed E-state index contributed by atoms with van der Waals surface area (Å²) in [6, 6.07) is 6.29. The van der Waals surface area contributed by atoms with Crippen LogP contribution in [0.3, 0.4) is 0 Å².